The van der Waals surface area contributed by atoms with Gasteiger partial charge >= 0.3 is 0 Å². The predicted molar refractivity (Wildman–Crippen MR) is 132 cm³/mol. The van der Waals surface area contributed by atoms with Crippen molar-refractivity contribution in [2.75, 3.05) is 6.61 Å². The van der Waals surface area contributed by atoms with Crippen molar-refractivity contribution in [3.05, 3.63) is 98.7 Å². The largest absolute Gasteiger partial charge is 0.482 e. The van der Waals surface area contributed by atoms with E-state index < -0.39 is 17.8 Å². The van der Waals surface area contributed by atoms with Crippen LogP contribution < -0.4 is 10.1 Å². The van der Waals surface area contributed by atoms with Crippen LogP contribution in [0.5, 0.6) is 5.75 Å². The summed E-state index contributed by atoms with van der Waals surface area (Å²) in [7, 11) is 0. The Kier molecular flexibility index (Phi) is 9.16. The van der Waals surface area contributed by atoms with Crippen molar-refractivity contribution in [1.29, 1.82) is 0 Å². The molecule has 3 aromatic rings. The minimum Gasteiger partial charge on any atom is -0.482 e. The molecule has 0 aromatic heterocycles. The Bertz CT molecular complexity index is 1160. The van der Waals surface area contributed by atoms with E-state index in [1.165, 1.54) is 17.0 Å². The van der Waals surface area contributed by atoms with Crippen molar-refractivity contribution in [3.63, 3.8) is 0 Å². The van der Waals surface area contributed by atoms with E-state index >= 15 is 0 Å². The van der Waals surface area contributed by atoms with Gasteiger partial charge < -0.3 is 15.0 Å². The van der Waals surface area contributed by atoms with Gasteiger partial charge in [0.05, 0.1) is 5.02 Å². The molecular formula is C25H22Cl3FN2O3. The summed E-state index contributed by atoms with van der Waals surface area (Å²) < 4.78 is 18.9. The molecule has 0 saturated heterocycles. The number of hydrogen-bond donors (Lipinski definition) is 1. The van der Waals surface area contributed by atoms with Gasteiger partial charge in [-0.3, -0.25) is 9.59 Å². The van der Waals surface area contributed by atoms with Crippen LogP contribution in [0.4, 0.5) is 4.39 Å². The third-order valence-electron chi connectivity index (χ3n) is 5.09. The molecule has 3 aromatic carbocycles. The van der Waals surface area contributed by atoms with Crippen LogP contribution in [0.1, 0.15) is 18.1 Å². The Hall–Kier alpha value is -2.80. The highest BCUT2D eigenvalue weighted by Crippen LogP contribution is 2.24. The molecule has 1 atom stereocenters. The zero-order chi connectivity index (χ0) is 24.7. The molecule has 1 N–H and O–H groups in total. The highest BCUT2D eigenvalue weighted by molar-refractivity contribution is 6.35. The molecule has 0 spiro atoms. The lowest BCUT2D eigenvalue weighted by molar-refractivity contribution is -0.142. The van der Waals surface area contributed by atoms with Crippen molar-refractivity contribution >= 4 is 46.6 Å². The van der Waals surface area contributed by atoms with Crippen molar-refractivity contribution in [2.24, 2.45) is 0 Å². The lowest BCUT2D eigenvalue weighted by Crippen LogP contribution is -2.48. The van der Waals surface area contributed by atoms with Crippen LogP contribution in [0.3, 0.4) is 0 Å². The van der Waals surface area contributed by atoms with Crippen LogP contribution in [-0.4, -0.2) is 29.4 Å². The standard InChI is InChI=1S/C25H22Cl3FN2O3/c1-16(25(33)30-13-18-8-9-19(26)12-22(18)28)31(14-17-6-10-20(29)11-7-17)24(32)15-34-23-5-3-2-4-21(23)27/h2-12,16H,13-15H2,1H3,(H,30,33). The number of nitrogens with zero attached hydrogens (tertiary/aromatic N) is 1. The smallest absolute Gasteiger partial charge is 0.261 e. The molecule has 0 aliphatic rings. The molecule has 0 fully saturated rings. The van der Waals surface area contributed by atoms with Gasteiger partial charge in [0.25, 0.3) is 5.91 Å². The fourth-order valence-electron chi connectivity index (χ4n) is 3.15. The van der Waals surface area contributed by atoms with E-state index in [2.05, 4.69) is 5.32 Å². The normalized spacial score (nSPS) is 11.6. The topological polar surface area (TPSA) is 58.6 Å². The first-order valence-corrected chi connectivity index (χ1v) is 11.5. The van der Waals surface area contributed by atoms with Gasteiger partial charge in [-0.15, -0.1) is 0 Å². The number of benzene rings is 3. The second-order valence-electron chi connectivity index (χ2n) is 7.50. The van der Waals surface area contributed by atoms with Gasteiger partial charge in [-0.05, 0) is 54.4 Å². The molecule has 0 aliphatic carbocycles. The lowest BCUT2D eigenvalue weighted by atomic mass is 10.1. The number of nitrogens with one attached hydrogen (secondary N) is 1. The van der Waals surface area contributed by atoms with Gasteiger partial charge in [0, 0.05) is 23.1 Å². The number of para-hydroxylation sites is 1. The summed E-state index contributed by atoms with van der Waals surface area (Å²) in [6.07, 6.45) is 0. The molecule has 0 aliphatic heterocycles. The Morgan fingerprint density at radius 1 is 1.00 bits per heavy atom. The van der Waals surface area contributed by atoms with E-state index in [4.69, 9.17) is 39.5 Å². The molecule has 0 saturated carbocycles. The van der Waals surface area contributed by atoms with Crippen molar-refractivity contribution in [1.82, 2.24) is 10.2 Å². The minimum absolute atomic E-state index is 0.0846. The fourth-order valence-corrected chi connectivity index (χ4v) is 3.81. The molecule has 34 heavy (non-hydrogen) atoms. The number of rotatable bonds is 9. The number of ether oxygens (including phenoxy) is 1. The third kappa shape index (κ3) is 7.10. The van der Waals surface area contributed by atoms with Crippen LogP contribution in [-0.2, 0) is 22.7 Å². The van der Waals surface area contributed by atoms with Crippen LogP contribution >= 0.6 is 34.8 Å². The first kappa shape index (κ1) is 25.8. The van der Waals surface area contributed by atoms with Gasteiger partial charge in [-0.25, -0.2) is 4.39 Å². The molecule has 0 heterocycles. The first-order chi connectivity index (χ1) is 16.2. The van der Waals surface area contributed by atoms with Crippen LogP contribution in [0.15, 0.2) is 66.7 Å². The minimum atomic E-state index is -0.849. The molecule has 9 heteroatoms. The van der Waals surface area contributed by atoms with E-state index in [0.717, 1.165) is 0 Å². The van der Waals surface area contributed by atoms with E-state index in [9.17, 15) is 14.0 Å². The van der Waals surface area contributed by atoms with Crippen molar-refractivity contribution in [3.8, 4) is 5.75 Å². The molecule has 1 unspecified atom stereocenters. The second-order valence-corrected chi connectivity index (χ2v) is 8.75. The van der Waals surface area contributed by atoms with E-state index in [0.29, 0.717) is 31.9 Å². The van der Waals surface area contributed by atoms with Gasteiger partial charge in [0.15, 0.2) is 6.61 Å². The van der Waals surface area contributed by atoms with E-state index in [-0.39, 0.29) is 25.6 Å². The summed E-state index contributed by atoms with van der Waals surface area (Å²) in [5, 5.41) is 4.07. The number of halogens is 4. The first-order valence-electron chi connectivity index (χ1n) is 10.4. The SMILES string of the molecule is CC(C(=O)NCc1ccc(Cl)cc1Cl)N(Cc1ccc(F)cc1)C(=O)COc1ccccc1Cl. The van der Waals surface area contributed by atoms with Crippen LogP contribution in [0.2, 0.25) is 15.1 Å². The van der Waals surface area contributed by atoms with Crippen LogP contribution in [0.25, 0.3) is 0 Å². The summed E-state index contributed by atoms with van der Waals surface area (Å²) in [6.45, 7) is 1.52. The molecule has 3 rings (SSSR count). The van der Waals surface area contributed by atoms with Crippen molar-refractivity contribution < 1.29 is 18.7 Å². The zero-order valence-corrected chi connectivity index (χ0v) is 20.5. The molecule has 0 radical (unpaired) electrons. The maximum atomic E-state index is 13.3. The lowest BCUT2D eigenvalue weighted by Gasteiger charge is -2.29. The monoisotopic (exact) mass is 522 g/mol. The highest BCUT2D eigenvalue weighted by Gasteiger charge is 2.26. The number of hydrogen-bond acceptors (Lipinski definition) is 3. The zero-order valence-electron chi connectivity index (χ0n) is 18.2. The average Bonchev–Trinajstić information content (AvgIpc) is 2.82. The van der Waals surface area contributed by atoms with E-state index in [1.54, 1.807) is 61.5 Å². The maximum Gasteiger partial charge on any atom is 0.261 e. The Balaban J connectivity index is 1.72. The van der Waals surface area contributed by atoms with Gasteiger partial charge in [0.1, 0.15) is 17.6 Å². The average molecular weight is 524 g/mol. The third-order valence-corrected chi connectivity index (χ3v) is 5.99. The summed E-state index contributed by atoms with van der Waals surface area (Å²) >= 11 is 18.2. The van der Waals surface area contributed by atoms with Gasteiger partial charge in [0.2, 0.25) is 5.91 Å². The predicted octanol–water partition coefficient (Wildman–Crippen LogP) is 5.90. The number of carbonyl (C=O) groups excluding carboxylic acids is 2. The molecular weight excluding hydrogens is 502 g/mol. The fraction of sp³-hybridized carbons (Fsp3) is 0.200. The van der Waals surface area contributed by atoms with Crippen molar-refractivity contribution in [2.45, 2.75) is 26.1 Å². The summed E-state index contributed by atoms with van der Waals surface area (Å²) in [5.74, 6) is -0.862. The van der Waals surface area contributed by atoms with Gasteiger partial charge in [-0.1, -0.05) is 65.1 Å². The number of amides is 2. The Morgan fingerprint density at radius 2 is 1.71 bits per heavy atom. The Labute approximate surface area is 212 Å². The Morgan fingerprint density at radius 3 is 2.38 bits per heavy atom. The van der Waals surface area contributed by atoms with Crippen LogP contribution in [0, 0.1) is 5.82 Å². The molecule has 0 bridgehead atoms. The number of carbonyl (C=O) groups is 2. The highest BCUT2D eigenvalue weighted by atomic mass is 35.5. The maximum absolute atomic E-state index is 13.3. The molecule has 2 amide bonds. The van der Waals surface area contributed by atoms with Gasteiger partial charge in [-0.2, -0.15) is 0 Å². The van der Waals surface area contributed by atoms with E-state index in [1.807, 2.05) is 0 Å². The summed E-state index contributed by atoms with van der Waals surface area (Å²) in [6, 6.07) is 16.6. The second kappa shape index (κ2) is 12.1. The summed E-state index contributed by atoms with van der Waals surface area (Å²) in [4.78, 5) is 27.4. The quantitative estimate of drug-likeness (QED) is 0.380. The molecule has 5 nitrogen and oxygen atoms in total. The molecule has 178 valence electrons. The summed E-state index contributed by atoms with van der Waals surface area (Å²) in [5.41, 5.74) is 1.35.